The fourth-order valence-corrected chi connectivity index (χ4v) is 5.92. The number of rotatable bonds is 6. The second-order valence-corrected chi connectivity index (χ2v) is 10.3. The number of aromatic nitrogens is 3. The van der Waals surface area contributed by atoms with Crippen LogP contribution in [0.2, 0.25) is 5.02 Å². The molecule has 2 aliphatic rings. The van der Waals surface area contributed by atoms with Gasteiger partial charge in [-0.05, 0) is 18.9 Å². The van der Waals surface area contributed by atoms with Gasteiger partial charge in [-0.25, -0.2) is 27.8 Å². The number of nitrogens with zero attached hydrogens (tertiary/aromatic N) is 4. The number of alkyl halides is 3. The van der Waals surface area contributed by atoms with Crippen molar-refractivity contribution in [1.82, 2.24) is 19.3 Å². The summed E-state index contributed by atoms with van der Waals surface area (Å²) in [6.07, 6.45) is -0.875. The number of fused-ring (bicyclic) bond motifs is 1. The van der Waals surface area contributed by atoms with Crippen molar-refractivity contribution in [2.24, 2.45) is 0 Å². The van der Waals surface area contributed by atoms with Crippen LogP contribution in [0.5, 0.6) is 0 Å². The van der Waals surface area contributed by atoms with Gasteiger partial charge in [0, 0.05) is 37.4 Å². The van der Waals surface area contributed by atoms with E-state index in [2.05, 4.69) is 25.6 Å². The molecule has 33 heavy (non-hydrogen) atoms. The summed E-state index contributed by atoms with van der Waals surface area (Å²) >= 11 is 6.03. The fourth-order valence-electron chi connectivity index (χ4n) is 4.13. The first-order valence-electron chi connectivity index (χ1n) is 10.3. The Kier molecular flexibility index (Phi) is 6.65. The molecule has 2 atom stereocenters. The lowest BCUT2D eigenvalue weighted by Crippen LogP contribution is -2.49. The van der Waals surface area contributed by atoms with Gasteiger partial charge in [0.25, 0.3) is 0 Å². The Morgan fingerprint density at radius 1 is 1.24 bits per heavy atom. The first-order chi connectivity index (χ1) is 15.5. The van der Waals surface area contributed by atoms with Gasteiger partial charge in [-0.15, -0.1) is 0 Å². The molecule has 4 heterocycles. The van der Waals surface area contributed by atoms with Crippen LogP contribution in [-0.4, -0.2) is 65.3 Å². The van der Waals surface area contributed by atoms with E-state index in [1.165, 1.54) is 6.20 Å². The van der Waals surface area contributed by atoms with E-state index in [0.717, 1.165) is 16.1 Å². The molecule has 2 aromatic rings. The van der Waals surface area contributed by atoms with Crippen molar-refractivity contribution in [3.63, 3.8) is 0 Å². The highest BCUT2D eigenvalue weighted by molar-refractivity contribution is 7.89. The SMILES string of the molecule is O=S(=O)(CC(F)(F)F)N1CCCCC1CNc1nc(C2CNc3ncc(Cl)cc32)ncc1F. The predicted octanol–water partition coefficient (Wildman–Crippen LogP) is 3.38. The maximum Gasteiger partial charge on any atom is 0.404 e. The zero-order valence-corrected chi connectivity index (χ0v) is 18.8. The van der Waals surface area contributed by atoms with Gasteiger partial charge < -0.3 is 10.6 Å². The van der Waals surface area contributed by atoms with Crippen LogP contribution < -0.4 is 10.6 Å². The van der Waals surface area contributed by atoms with Crippen molar-refractivity contribution in [3.05, 3.63) is 40.7 Å². The number of pyridine rings is 1. The van der Waals surface area contributed by atoms with Crippen molar-refractivity contribution >= 4 is 33.3 Å². The van der Waals surface area contributed by atoms with Crippen LogP contribution in [0, 0.1) is 5.82 Å². The Morgan fingerprint density at radius 3 is 2.79 bits per heavy atom. The van der Waals surface area contributed by atoms with Crippen LogP contribution in [0.25, 0.3) is 0 Å². The summed E-state index contributed by atoms with van der Waals surface area (Å²) in [7, 11) is -4.55. The molecular formula is C19H21ClF4N6O2S. The van der Waals surface area contributed by atoms with Crippen molar-refractivity contribution in [2.45, 2.75) is 37.4 Å². The van der Waals surface area contributed by atoms with Crippen LogP contribution in [-0.2, 0) is 10.0 Å². The molecule has 0 amide bonds. The number of sulfonamides is 1. The van der Waals surface area contributed by atoms with Crippen LogP contribution in [0.4, 0.5) is 29.2 Å². The topological polar surface area (TPSA) is 100 Å². The number of nitrogens with one attached hydrogen (secondary N) is 2. The first kappa shape index (κ1) is 23.9. The minimum absolute atomic E-state index is 0.0133. The van der Waals surface area contributed by atoms with Crippen molar-refractivity contribution in [1.29, 1.82) is 0 Å². The number of halogens is 5. The van der Waals surface area contributed by atoms with Crippen molar-refractivity contribution < 1.29 is 26.0 Å². The van der Waals surface area contributed by atoms with E-state index in [1.807, 2.05) is 0 Å². The molecule has 0 aliphatic carbocycles. The van der Waals surface area contributed by atoms with Gasteiger partial charge in [-0.1, -0.05) is 18.0 Å². The quantitative estimate of drug-likeness (QED) is 0.577. The van der Waals surface area contributed by atoms with E-state index < -0.39 is 33.8 Å². The summed E-state index contributed by atoms with van der Waals surface area (Å²) < 4.78 is 78.2. The Labute approximate surface area is 192 Å². The lowest BCUT2D eigenvalue weighted by atomic mass is 10.0. The highest BCUT2D eigenvalue weighted by Gasteiger charge is 2.41. The summed E-state index contributed by atoms with van der Waals surface area (Å²) in [5, 5.41) is 6.31. The van der Waals surface area contributed by atoms with Gasteiger partial charge in [0.2, 0.25) is 10.0 Å². The van der Waals surface area contributed by atoms with Gasteiger partial charge >= 0.3 is 6.18 Å². The summed E-state index contributed by atoms with van der Waals surface area (Å²) in [6, 6.07) is 0.973. The van der Waals surface area contributed by atoms with Gasteiger partial charge in [0.15, 0.2) is 17.4 Å². The largest absolute Gasteiger partial charge is 0.404 e. The predicted molar refractivity (Wildman–Crippen MR) is 114 cm³/mol. The number of anilines is 2. The summed E-state index contributed by atoms with van der Waals surface area (Å²) in [4.78, 5) is 12.5. The first-order valence-corrected chi connectivity index (χ1v) is 12.2. The molecule has 180 valence electrons. The van der Waals surface area contributed by atoms with Gasteiger partial charge in [-0.3, -0.25) is 0 Å². The minimum Gasteiger partial charge on any atom is -0.369 e. The average molecular weight is 509 g/mol. The third-order valence-corrected chi connectivity index (χ3v) is 7.68. The molecule has 0 spiro atoms. The van der Waals surface area contributed by atoms with Gasteiger partial charge in [-0.2, -0.15) is 17.5 Å². The maximum atomic E-state index is 14.4. The molecular weight excluding hydrogens is 488 g/mol. The Bertz CT molecular complexity index is 1130. The van der Waals surface area contributed by atoms with Crippen LogP contribution >= 0.6 is 11.6 Å². The maximum absolute atomic E-state index is 14.4. The Morgan fingerprint density at radius 2 is 2.03 bits per heavy atom. The summed E-state index contributed by atoms with van der Waals surface area (Å²) in [5.41, 5.74) is 0.761. The average Bonchev–Trinajstić information content (AvgIpc) is 3.15. The summed E-state index contributed by atoms with van der Waals surface area (Å²) in [6.45, 7) is 0.331. The molecule has 14 heteroatoms. The lowest BCUT2D eigenvalue weighted by Gasteiger charge is -2.35. The molecule has 2 N–H and O–H groups in total. The second kappa shape index (κ2) is 9.18. The monoisotopic (exact) mass is 508 g/mol. The van der Waals surface area contributed by atoms with E-state index in [4.69, 9.17) is 11.6 Å². The molecule has 1 saturated heterocycles. The second-order valence-electron chi connectivity index (χ2n) is 7.96. The Balaban J connectivity index is 1.51. The zero-order chi connectivity index (χ0) is 23.8. The minimum atomic E-state index is -4.84. The zero-order valence-electron chi connectivity index (χ0n) is 17.2. The lowest BCUT2D eigenvalue weighted by molar-refractivity contribution is -0.107. The van der Waals surface area contributed by atoms with E-state index in [1.54, 1.807) is 6.07 Å². The van der Waals surface area contributed by atoms with Crippen LogP contribution in [0.3, 0.4) is 0 Å². The van der Waals surface area contributed by atoms with E-state index in [0.29, 0.717) is 42.5 Å². The highest BCUT2D eigenvalue weighted by Crippen LogP contribution is 2.35. The van der Waals surface area contributed by atoms with E-state index in [-0.39, 0.29) is 24.8 Å². The molecule has 2 aliphatic heterocycles. The third kappa shape index (κ3) is 5.46. The number of hydrogen-bond donors (Lipinski definition) is 2. The third-order valence-electron chi connectivity index (χ3n) is 5.59. The normalized spacial score (nSPS) is 21.5. The van der Waals surface area contributed by atoms with Gasteiger partial charge in [0.05, 0.1) is 17.1 Å². The molecule has 2 aromatic heterocycles. The van der Waals surface area contributed by atoms with E-state index >= 15 is 0 Å². The van der Waals surface area contributed by atoms with Crippen molar-refractivity contribution in [2.75, 3.05) is 36.0 Å². The number of hydrogen-bond acceptors (Lipinski definition) is 7. The molecule has 0 bridgehead atoms. The van der Waals surface area contributed by atoms with Gasteiger partial charge in [0.1, 0.15) is 11.6 Å². The molecule has 0 saturated carbocycles. The van der Waals surface area contributed by atoms with E-state index in [9.17, 15) is 26.0 Å². The smallest absolute Gasteiger partial charge is 0.369 e. The highest BCUT2D eigenvalue weighted by atomic mass is 35.5. The molecule has 1 fully saturated rings. The van der Waals surface area contributed by atoms with Crippen LogP contribution in [0.1, 0.15) is 36.6 Å². The van der Waals surface area contributed by atoms with Crippen LogP contribution in [0.15, 0.2) is 18.5 Å². The summed E-state index contributed by atoms with van der Waals surface area (Å²) in [5.74, 6) is -2.23. The van der Waals surface area contributed by atoms with Crippen molar-refractivity contribution in [3.8, 4) is 0 Å². The standard InChI is InChI=1S/C19H21ClF4N6O2S/c20-11-5-13-14(8-27-16(13)25-6-11)17-28-9-15(21)18(29-17)26-7-12-3-1-2-4-30(12)33(31,32)10-19(22,23)24/h5-6,9,12,14H,1-4,7-8,10H2,(H,25,27)(H,26,28,29). The molecule has 8 nitrogen and oxygen atoms in total. The molecule has 2 unspecified atom stereocenters. The molecule has 0 aromatic carbocycles. The number of piperidine rings is 1. The Hall–Kier alpha value is -2.25. The molecule has 0 radical (unpaired) electrons. The fraction of sp³-hybridized carbons (Fsp3) is 0.526. The molecule has 4 rings (SSSR count).